The topological polar surface area (TPSA) is 211 Å². The van der Waals surface area contributed by atoms with Gasteiger partial charge in [0.05, 0.1) is 26.7 Å². The van der Waals surface area contributed by atoms with Crippen LogP contribution >= 0.6 is 7.82 Å². The van der Waals surface area contributed by atoms with E-state index in [-0.39, 0.29) is 36.2 Å². The first kappa shape index (κ1) is 30.2. The number of aromatic amines is 1. The van der Waals surface area contributed by atoms with Crippen LogP contribution in [0.4, 0.5) is 0 Å². The lowest BCUT2D eigenvalue weighted by Crippen LogP contribution is -2.38. The second kappa shape index (κ2) is 11.3. The molecule has 0 bridgehead atoms. The summed E-state index contributed by atoms with van der Waals surface area (Å²) in [4.78, 5) is 71.7. The average Bonchev–Trinajstić information content (AvgIpc) is 3.60. The van der Waals surface area contributed by atoms with Crippen LogP contribution in [0.15, 0.2) is 40.1 Å². The number of carbonyl (C=O) groups excluding carboxylic acids is 2. The lowest BCUT2D eigenvalue weighted by Gasteiger charge is -2.38. The van der Waals surface area contributed by atoms with Gasteiger partial charge in [0.1, 0.15) is 12.6 Å². The van der Waals surface area contributed by atoms with Crippen molar-refractivity contribution in [1.29, 1.82) is 0 Å². The fraction of sp³-hybridized carbons (Fsp3) is 0.357. The Morgan fingerprint density at radius 2 is 1.67 bits per heavy atom. The molecule has 16 nitrogen and oxygen atoms in total. The molecule has 0 unspecified atom stereocenters. The summed E-state index contributed by atoms with van der Waals surface area (Å²) >= 11 is 0. The third-order valence-electron chi connectivity index (χ3n) is 7.92. The number of hydrogen-bond donors (Lipinski definition) is 3. The Hall–Kier alpha value is -4.79. The number of aromatic nitrogens is 2. The number of cyclic esters (lactones) is 1. The maximum absolute atomic E-state index is 13.3. The molecule has 3 heterocycles. The van der Waals surface area contributed by atoms with E-state index < -0.39 is 61.4 Å². The van der Waals surface area contributed by atoms with Gasteiger partial charge in [-0.1, -0.05) is 0 Å². The minimum atomic E-state index is -5.01. The Labute approximate surface area is 253 Å². The van der Waals surface area contributed by atoms with Gasteiger partial charge in [0, 0.05) is 29.2 Å². The van der Waals surface area contributed by atoms with Crippen molar-refractivity contribution in [2.75, 3.05) is 27.6 Å². The van der Waals surface area contributed by atoms with Crippen molar-refractivity contribution < 1.29 is 56.9 Å². The number of phosphoric acid groups is 1. The van der Waals surface area contributed by atoms with Gasteiger partial charge in [0.2, 0.25) is 12.5 Å². The Balaban J connectivity index is 1.46. The number of nitrogens with one attached hydrogen (secondary N) is 1. The molecule has 3 aliphatic rings. The van der Waals surface area contributed by atoms with E-state index in [1.807, 2.05) is 0 Å². The van der Waals surface area contributed by atoms with Crippen molar-refractivity contribution >= 4 is 19.8 Å². The second-order valence-corrected chi connectivity index (χ2v) is 11.7. The molecule has 1 saturated heterocycles. The summed E-state index contributed by atoms with van der Waals surface area (Å²) in [5, 5.41) is 0. The minimum absolute atomic E-state index is 0.0627. The highest BCUT2D eigenvalue weighted by atomic mass is 31.2. The van der Waals surface area contributed by atoms with Gasteiger partial charge in [-0.25, -0.2) is 9.36 Å². The van der Waals surface area contributed by atoms with Crippen LogP contribution in [-0.4, -0.2) is 58.9 Å². The molecule has 3 N–H and O–H groups in total. The normalized spacial score (nSPS) is 21.4. The van der Waals surface area contributed by atoms with Gasteiger partial charge in [-0.3, -0.25) is 33.7 Å². The van der Waals surface area contributed by atoms with Crippen LogP contribution in [0.1, 0.15) is 34.3 Å². The number of phosphoric ester groups is 1. The van der Waals surface area contributed by atoms with E-state index in [1.165, 1.54) is 39.5 Å². The average molecular weight is 646 g/mol. The lowest BCUT2D eigenvalue weighted by molar-refractivity contribution is -0.155. The number of H-pyrrole nitrogens is 1. The highest BCUT2D eigenvalue weighted by Gasteiger charge is 2.54. The molecule has 0 amide bonds. The highest BCUT2D eigenvalue weighted by molar-refractivity contribution is 7.46. The van der Waals surface area contributed by atoms with Crippen molar-refractivity contribution in [3.05, 3.63) is 73.6 Å². The molecule has 1 aromatic heterocycles. The zero-order valence-corrected chi connectivity index (χ0v) is 24.9. The molecule has 0 saturated carbocycles. The molecule has 17 heteroatoms. The maximum atomic E-state index is 13.3. The number of rotatable bonds is 8. The lowest BCUT2D eigenvalue weighted by atomic mass is 9.66. The number of carbonyl (C=O) groups is 2. The smallest absolute Gasteiger partial charge is 0.493 e. The third-order valence-corrected chi connectivity index (χ3v) is 8.34. The summed E-state index contributed by atoms with van der Waals surface area (Å²) in [6.45, 7) is 0.809. The van der Waals surface area contributed by atoms with Gasteiger partial charge < -0.3 is 32.9 Å². The molecule has 6 rings (SSSR count). The van der Waals surface area contributed by atoms with Gasteiger partial charge in [-0.05, 0) is 42.3 Å². The Morgan fingerprint density at radius 3 is 2.29 bits per heavy atom. The van der Waals surface area contributed by atoms with Crippen molar-refractivity contribution in [2.24, 2.45) is 11.8 Å². The first-order valence-electron chi connectivity index (χ1n) is 13.5. The molecule has 0 spiro atoms. The molecule has 1 aliphatic carbocycles. The number of nitrogens with zero attached hydrogens (tertiary/aromatic N) is 1. The van der Waals surface area contributed by atoms with Crippen molar-refractivity contribution in [2.45, 2.75) is 25.5 Å². The predicted molar refractivity (Wildman–Crippen MR) is 149 cm³/mol. The zero-order valence-electron chi connectivity index (χ0n) is 24.0. The molecule has 45 heavy (non-hydrogen) atoms. The fourth-order valence-corrected chi connectivity index (χ4v) is 6.42. The van der Waals surface area contributed by atoms with E-state index in [0.29, 0.717) is 28.2 Å². The zero-order chi connectivity index (χ0) is 32.2. The van der Waals surface area contributed by atoms with Crippen LogP contribution in [0.5, 0.6) is 28.7 Å². The number of fused-ring (bicyclic) bond motifs is 3. The Morgan fingerprint density at radius 1 is 1.02 bits per heavy atom. The maximum Gasteiger partial charge on any atom is 0.525 e. The minimum Gasteiger partial charge on any atom is -0.493 e. The molecule has 4 atom stereocenters. The monoisotopic (exact) mass is 646 g/mol. The number of esters is 2. The van der Waals surface area contributed by atoms with Gasteiger partial charge in [0.15, 0.2) is 23.0 Å². The summed E-state index contributed by atoms with van der Waals surface area (Å²) in [6.07, 6.45) is 0.229. The van der Waals surface area contributed by atoms with Crippen LogP contribution in [0.25, 0.3) is 0 Å². The fourth-order valence-electron chi connectivity index (χ4n) is 6.01. The molecule has 3 aromatic rings. The molecular weight excluding hydrogens is 619 g/mol. The number of benzene rings is 2. The van der Waals surface area contributed by atoms with E-state index in [9.17, 15) is 33.5 Å². The highest BCUT2D eigenvalue weighted by Crippen LogP contribution is 2.57. The SMILES string of the molecule is COc1cc([C@H]2c3cc4c(cc3[C@H](OC(=O)Cn3cc(C)c(=O)[nH]c3=O)[C@H]3COC(=O)[C@H]23)OCO4)cc(OC)c1OP(=O)(O)O. The number of aryl methyl sites for hydroxylation is 1. The van der Waals surface area contributed by atoms with Crippen LogP contribution < -0.4 is 34.7 Å². The Bertz CT molecular complexity index is 1850. The van der Waals surface area contributed by atoms with Crippen LogP contribution in [0.2, 0.25) is 0 Å². The molecule has 1 fully saturated rings. The van der Waals surface area contributed by atoms with E-state index in [0.717, 1.165) is 4.57 Å². The molecule has 0 radical (unpaired) electrons. The van der Waals surface area contributed by atoms with Crippen LogP contribution in [0.3, 0.4) is 0 Å². The molecular formula is C28H27N2O14P. The first-order chi connectivity index (χ1) is 21.4. The quantitative estimate of drug-likeness (QED) is 0.233. The summed E-state index contributed by atoms with van der Waals surface area (Å²) in [6, 6.07) is 6.25. The summed E-state index contributed by atoms with van der Waals surface area (Å²) in [5.74, 6) is -3.49. The van der Waals surface area contributed by atoms with Gasteiger partial charge in [-0.2, -0.15) is 0 Å². The number of methoxy groups -OCH3 is 2. The van der Waals surface area contributed by atoms with Crippen molar-refractivity contribution in [3.8, 4) is 28.7 Å². The van der Waals surface area contributed by atoms with Crippen molar-refractivity contribution in [1.82, 2.24) is 9.55 Å². The van der Waals surface area contributed by atoms with Gasteiger partial charge in [0.25, 0.3) is 5.56 Å². The van der Waals surface area contributed by atoms with Crippen LogP contribution in [0, 0.1) is 18.8 Å². The number of ether oxygens (including phenoxy) is 6. The van der Waals surface area contributed by atoms with E-state index >= 15 is 0 Å². The number of hydrogen-bond acceptors (Lipinski definition) is 12. The first-order valence-corrected chi connectivity index (χ1v) is 15.0. The largest absolute Gasteiger partial charge is 0.525 e. The Kier molecular flexibility index (Phi) is 7.59. The summed E-state index contributed by atoms with van der Waals surface area (Å²) < 4.78 is 50.9. The van der Waals surface area contributed by atoms with Gasteiger partial charge >= 0.3 is 25.5 Å². The summed E-state index contributed by atoms with van der Waals surface area (Å²) in [5.41, 5.74) is 0.292. The molecule has 2 aromatic carbocycles. The summed E-state index contributed by atoms with van der Waals surface area (Å²) in [7, 11) is -2.47. The van der Waals surface area contributed by atoms with Gasteiger partial charge in [-0.15, -0.1) is 0 Å². The standard InChI is InChI=1S/C28H27N2O14P/c1-12-8-30(28(34)29-26(12)32)9-21(31)43-24-15-7-18-17(41-11-42-18)6-14(15)22(23-16(24)10-40-27(23)33)13-4-19(38-2)25(20(5-13)39-3)44-45(35,36)37/h4-8,16,22-24H,9-11H2,1-3H3,(H,29,32,34)(H2,35,36,37)/t16-,22-,23-,24-/m0/s1. The second-order valence-electron chi connectivity index (χ2n) is 10.6. The van der Waals surface area contributed by atoms with E-state index in [1.54, 1.807) is 12.1 Å². The van der Waals surface area contributed by atoms with E-state index in [2.05, 4.69) is 4.98 Å². The third kappa shape index (κ3) is 5.52. The molecule has 238 valence electrons. The predicted octanol–water partition coefficient (Wildman–Crippen LogP) is 1.28. The van der Waals surface area contributed by atoms with Crippen molar-refractivity contribution in [3.63, 3.8) is 0 Å². The molecule has 2 aliphatic heterocycles. The van der Waals surface area contributed by atoms with E-state index in [4.69, 9.17) is 32.9 Å². The van der Waals surface area contributed by atoms with Crippen LogP contribution in [-0.2, 0) is 30.2 Å².